The molecule has 0 aliphatic rings. The fraction of sp³-hybridized carbons (Fsp3) is 0.889. The highest BCUT2D eigenvalue weighted by atomic mass is 16.5. The average molecular weight is 189 g/mol. The SMILES string of the molecule is CC[C@H](C)OC(=O)[C@@H](C)[C@@H](O)CN. The molecule has 0 saturated carbocycles. The van der Waals surface area contributed by atoms with E-state index >= 15 is 0 Å². The smallest absolute Gasteiger partial charge is 0.311 e. The van der Waals surface area contributed by atoms with E-state index in [4.69, 9.17) is 10.5 Å². The van der Waals surface area contributed by atoms with Crippen molar-refractivity contribution in [3.63, 3.8) is 0 Å². The molecular weight excluding hydrogens is 170 g/mol. The van der Waals surface area contributed by atoms with Crippen LogP contribution >= 0.6 is 0 Å². The summed E-state index contributed by atoms with van der Waals surface area (Å²) in [7, 11) is 0. The predicted molar refractivity (Wildman–Crippen MR) is 50.1 cm³/mol. The Balaban J connectivity index is 3.96. The minimum atomic E-state index is -0.809. The Bertz CT molecular complexity index is 161. The molecule has 0 saturated heterocycles. The molecule has 0 spiro atoms. The first-order chi connectivity index (χ1) is 6.02. The maximum absolute atomic E-state index is 11.3. The molecule has 3 N–H and O–H groups in total. The van der Waals surface area contributed by atoms with Crippen molar-refractivity contribution in [2.75, 3.05) is 6.54 Å². The zero-order chi connectivity index (χ0) is 10.4. The number of aliphatic hydroxyl groups is 1. The molecule has 4 nitrogen and oxygen atoms in total. The third-order valence-electron chi connectivity index (χ3n) is 2.08. The number of aliphatic hydroxyl groups excluding tert-OH is 1. The standard InChI is InChI=1S/C9H19NO3/c1-4-6(2)13-9(12)7(3)8(11)5-10/h6-8,11H,4-5,10H2,1-3H3/t6-,7-,8-/m0/s1. The fourth-order valence-electron chi connectivity index (χ4n) is 0.750. The molecule has 13 heavy (non-hydrogen) atoms. The van der Waals surface area contributed by atoms with E-state index in [9.17, 15) is 9.90 Å². The van der Waals surface area contributed by atoms with Crippen molar-refractivity contribution in [3.8, 4) is 0 Å². The summed E-state index contributed by atoms with van der Waals surface area (Å²) < 4.78 is 5.03. The van der Waals surface area contributed by atoms with Crippen molar-refractivity contribution in [3.05, 3.63) is 0 Å². The van der Waals surface area contributed by atoms with E-state index in [1.807, 2.05) is 13.8 Å². The topological polar surface area (TPSA) is 72.5 Å². The second kappa shape index (κ2) is 5.94. The van der Waals surface area contributed by atoms with Crippen LogP contribution in [0.15, 0.2) is 0 Å². The number of esters is 1. The lowest BCUT2D eigenvalue weighted by Crippen LogP contribution is -2.34. The second-order valence-corrected chi connectivity index (χ2v) is 3.25. The Labute approximate surface area is 79.1 Å². The van der Waals surface area contributed by atoms with Crippen LogP contribution in [-0.2, 0) is 9.53 Å². The van der Waals surface area contributed by atoms with E-state index in [-0.39, 0.29) is 18.6 Å². The highest BCUT2D eigenvalue weighted by molar-refractivity contribution is 5.72. The summed E-state index contributed by atoms with van der Waals surface area (Å²) in [5.41, 5.74) is 5.22. The highest BCUT2D eigenvalue weighted by Gasteiger charge is 2.23. The van der Waals surface area contributed by atoms with Crippen LogP contribution in [0.5, 0.6) is 0 Å². The molecule has 0 aromatic carbocycles. The zero-order valence-corrected chi connectivity index (χ0v) is 8.49. The molecule has 0 bridgehead atoms. The van der Waals surface area contributed by atoms with Crippen molar-refractivity contribution in [1.29, 1.82) is 0 Å². The summed E-state index contributed by atoms with van der Waals surface area (Å²) in [6.45, 7) is 5.44. The van der Waals surface area contributed by atoms with Crippen LogP contribution in [0, 0.1) is 5.92 Å². The molecule has 3 atom stereocenters. The monoisotopic (exact) mass is 189 g/mol. The Kier molecular flexibility index (Phi) is 5.66. The van der Waals surface area contributed by atoms with Gasteiger partial charge in [0.2, 0.25) is 0 Å². The van der Waals surface area contributed by atoms with Crippen LogP contribution in [0.2, 0.25) is 0 Å². The summed E-state index contributed by atoms with van der Waals surface area (Å²) in [4.78, 5) is 11.3. The summed E-state index contributed by atoms with van der Waals surface area (Å²) in [6.07, 6.45) is -0.131. The van der Waals surface area contributed by atoms with Gasteiger partial charge in [-0.2, -0.15) is 0 Å². The molecule has 0 radical (unpaired) electrons. The maximum atomic E-state index is 11.3. The van der Waals surface area contributed by atoms with Gasteiger partial charge in [-0.05, 0) is 20.3 Å². The van der Waals surface area contributed by atoms with Gasteiger partial charge in [0.25, 0.3) is 0 Å². The minimum absolute atomic E-state index is 0.0801. The van der Waals surface area contributed by atoms with E-state index in [1.165, 1.54) is 0 Å². The molecule has 0 fully saturated rings. The lowest BCUT2D eigenvalue weighted by atomic mass is 10.1. The van der Waals surface area contributed by atoms with Crippen molar-refractivity contribution in [2.45, 2.75) is 39.4 Å². The van der Waals surface area contributed by atoms with Gasteiger partial charge < -0.3 is 15.6 Å². The van der Waals surface area contributed by atoms with Gasteiger partial charge in [0.1, 0.15) is 0 Å². The highest BCUT2D eigenvalue weighted by Crippen LogP contribution is 2.07. The molecule has 4 heteroatoms. The van der Waals surface area contributed by atoms with Gasteiger partial charge in [-0.25, -0.2) is 0 Å². The van der Waals surface area contributed by atoms with Gasteiger partial charge >= 0.3 is 5.97 Å². The molecule has 0 aliphatic carbocycles. The molecule has 0 amide bonds. The summed E-state index contributed by atoms with van der Waals surface area (Å²) in [5.74, 6) is -0.925. The Hall–Kier alpha value is -0.610. The van der Waals surface area contributed by atoms with Crippen molar-refractivity contribution >= 4 is 5.97 Å². The first-order valence-corrected chi connectivity index (χ1v) is 4.61. The van der Waals surface area contributed by atoms with Crippen molar-refractivity contribution in [2.24, 2.45) is 11.7 Å². The van der Waals surface area contributed by atoms with Crippen LogP contribution in [0.1, 0.15) is 27.2 Å². The number of carbonyl (C=O) groups is 1. The van der Waals surface area contributed by atoms with E-state index < -0.39 is 12.0 Å². The number of hydrogen-bond acceptors (Lipinski definition) is 4. The second-order valence-electron chi connectivity index (χ2n) is 3.25. The summed E-state index contributed by atoms with van der Waals surface area (Å²) in [5, 5.41) is 9.26. The molecule has 0 aromatic heterocycles. The van der Waals surface area contributed by atoms with Gasteiger partial charge in [0.15, 0.2) is 0 Å². The summed E-state index contributed by atoms with van der Waals surface area (Å²) >= 11 is 0. The first-order valence-electron chi connectivity index (χ1n) is 4.61. The number of ether oxygens (including phenoxy) is 1. The number of carbonyl (C=O) groups excluding carboxylic acids is 1. The van der Waals surface area contributed by atoms with Crippen LogP contribution in [-0.4, -0.2) is 29.8 Å². The van der Waals surface area contributed by atoms with E-state index in [2.05, 4.69) is 0 Å². The first kappa shape index (κ1) is 12.4. The van der Waals surface area contributed by atoms with Gasteiger partial charge in [-0.15, -0.1) is 0 Å². The number of hydrogen-bond donors (Lipinski definition) is 2. The maximum Gasteiger partial charge on any atom is 0.311 e. The van der Waals surface area contributed by atoms with E-state index in [1.54, 1.807) is 6.92 Å². The van der Waals surface area contributed by atoms with Gasteiger partial charge in [0, 0.05) is 6.54 Å². The third-order valence-corrected chi connectivity index (χ3v) is 2.08. The van der Waals surface area contributed by atoms with E-state index in [0.717, 1.165) is 6.42 Å². The van der Waals surface area contributed by atoms with Crippen LogP contribution in [0.25, 0.3) is 0 Å². The predicted octanol–water partition coefficient (Wildman–Crippen LogP) is 0.284. The normalized spacial score (nSPS) is 17.6. The summed E-state index contributed by atoms with van der Waals surface area (Å²) in [6, 6.07) is 0. The zero-order valence-electron chi connectivity index (χ0n) is 8.49. The van der Waals surface area contributed by atoms with Crippen molar-refractivity contribution in [1.82, 2.24) is 0 Å². The van der Waals surface area contributed by atoms with Crippen molar-refractivity contribution < 1.29 is 14.6 Å². The molecule has 0 aromatic rings. The fourth-order valence-corrected chi connectivity index (χ4v) is 0.750. The quantitative estimate of drug-likeness (QED) is 0.609. The third kappa shape index (κ3) is 4.24. The van der Waals surface area contributed by atoms with Crippen LogP contribution < -0.4 is 5.73 Å². The molecule has 78 valence electrons. The number of nitrogens with two attached hydrogens (primary N) is 1. The molecule has 0 aliphatic heterocycles. The minimum Gasteiger partial charge on any atom is -0.462 e. The van der Waals surface area contributed by atoms with E-state index in [0.29, 0.717) is 0 Å². The molecule has 0 rings (SSSR count). The molecule has 0 heterocycles. The van der Waals surface area contributed by atoms with Gasteiger partial charge in [-0.1, -0.05) is 6.92 Å². The average Bonchev–Trinajstić information content (AvgIpc) is 2.14. The lowest BCUT2D eigenvalue weighted by Gasteiger charge is -2.18. The van der Waals surface area contributed by atoms with Gasteiger partial charge in [0.05, 0.1) is 18.1 Å². The Morgan fingerprint density at radius 1 is 1.54 bits per heavy atom. The molecule has 0 unspecified atom stereocenters. The largest absolute Gasteiger partial charge is 0.462 e. The lowest BCUT2D eigenvalue weighted by molar-refractivity contribution is -0.156. The molecular formula is C9H19NO3. The van der Waals surface area contributed by atoms with Crippen LogP contribution in [0.3, 0.4) is 0 Å². The Morgan fingerprint density at radius 3 is 2.46 bits per heavy atom. The van der Waals surface area contributed by atoms with Crippen LogP contribution in [0.4, 0.5) is 0 Å². The Morgan fingerprint density at radius 2 is 2.08 bits per heavy atom. The van der Waals surface area contributed by atoms with Gasteiger partial charge in [-0.3, -0.25) is 4.79 Å². The number of rotatable bonds is 5.